The first-order valence-corrected chi connectivity index (χ1v) is 8.86. The van der Waals surface area contributed by atoms with Crippen molar-refractivity contribution in [3.05, 3.63) is 59.2 Å². The topological polar surface area (TPSA) is 89.4 Å². The highest BCUT2D eigenvalue weighted by molar-refractivity contribution is 5.79. The number of hydrogen-bond donors (Lipinski definition) is 1. The molecule has 2 heterocycles. The van der Waals surface area contributed by atoms with E-state index in [1.807, 2.05) is 19.1 Å². The maximum absolute atomic E-state index is 11.6. The largest absolute Gasteiger partial charge is 0.481 e. The smallest absolute Gasteiger partial charge is 0.313 e. The molecule has 26 heavy (non-hydrogen) atoms. The van der Waals surface area contributed by atoms with E-state index in [4.69, 9.17) is 9.84 Å². The molecule has 0 amide bonds. The van der Waals surface area contributed by atoms with Crippen LogP contribution in [0.2, 0.25) is 0 Å². The molecule has 4 rings (SSSR count). The monoisotopic (exact) mass is 354 g/mol. The fourth-order valence-corrected chi connectivity index (χ4v) is 3.61. The number of esters is 1. The summed E-state index contributed by atoms with van der Waals surface area (Å²) in [5.41, 5.74) is 4.31. The number of pyridine rings is 2. The summed E-state index contributed by atoms with van der Waals surface area (Å²) < 4.78 is 5.02. The minimum absolute atomic E-state index is 0.0846. The zero-order valence-corrected chi connectivity index (χ0v) is 14.7. The van der Waals surface area contributed by atoms with Crippen molar-refractivity contribution in [2.45, 2.75) is 44.4 Å². The molecule has 2 atom stereocenters. The number of rotatable bonds is 3. The van der Waals surface area contributed by atoms with E-state index in [1.165, 1.54) is 5.56 Å². The number of carbonyl (C=O) groups excluding carboxylic acids is 1. The summed E-state index contributed by atoms with van der Waals surface area (Å²) in [6.07, 6.45) is 10.3. The third-order valence-corrected chi connectivity index (χ3v) is 4.92. The number of carboxylic acids is 1. The Morgan fingerprint density at radius 1 is 1.04 bits per heavy atom. The van der Waals surface area contributed by atoms with E-state index in [0.29, 0.717) is 6.61 Å². The number of ether oxygens (including phenoxy) is 1. The second kappa shape index (κ2) is 8.08. The average molecular weight is 354 g/mol. The van der Waals surface area contributed by atoms with E-state index >= 15 is 0 Å². The van der Waals surface area contributed by atoms with Gasteiger partial charge in [-0.05, 0) is 67.0 Å². The van der Waals surface area contributed by atoms with E-state index < -0.39 is 5.97 Å². The number of carbonyl (C=O) groups is 2. The Morgan fingerprint density at radius 2 is 1.58 bits per heavy atom. The quantitative estimate of drug-likeness (QED) is 0.853. The molecule has 0 saturated heterocycles. The van der Waals surface area contributed by atoms with Gasteiger partial charge in [0.05, 0.1) is 18.4 Å². The second-order valence-electron chi connectivity index (χ2n) is 6.42. The first kappa shape index (κ1) is 18.0. The SMILES string of the molecule is CCOC(=O)C1CCc2ccncc21.O=C(O)C1CCc2ccncc21. The molecule has 2 aliphatic carbocycles. The molecule has 2 aromatic heterocycles. The lowest BCUT2D eigenvalue weighted by atomic mass is 10.0. The molecule has 2 aliphatic rings. The Balaban J connectivity index is 0.000000152. The molecule has 2 aromatic rings. The van der Waals surface area contributed by atoms with E-state index in [1.54, 1.807) is 24.8 Å². The van der Waals surface area contributed by atoms with Gasteiger partial charge in [-0.3, -0.25) is 19.6 Å². The first-order valence-electron chi connectivity index (χ1n) is 8.86. The fraction of sp³-hybridized carbons (Fsp3) is 0.400. The second-order valence-corrected chi connectivity index (χ2v) is 6.42. The number of aryl methyl sites for hydroxylation is 2. The van der Waals surface area contributed by atoms with Gasteiger partial charge < -0.3 is 9.84 Å². The molecule has 0 bridgehead atoms. The van der Waals surface area contributed by atoms with Crippen LogP contribution in [0.3, 0.4) is 0 Å². The predicted molar refractivity (Wildman–Crippen MR) is 94.9 cm³/mol. The van der Waals surface area contributed by atoms with Crippen LogP contribution in [0.1, 0.15) is 53.9 Å². The summed E-state index contributed by atoms with van der Waals surface area (Å²) in [4.78, 5) is 30.3. The molecule has 1 N–H and O–H groups in total. The predicted octanol–water partition coefficient (Wildman–Crippen LogP) is 2.87. The van der Waals surface area contributed by atoms with Gasteiger partial charge in [0, 0.05) is 24.8 Å². The summed E-state index contributed by atoms with van der Waals surface area (Å²) >= 11 is 0. The number of aromatic nitrogens is 2. The zero-order valence-electron chi connectivity index (χ0n) is 14.7. The highest BCUT2D eigenvalue weighted by Gasteiger charge is 2.29. The van der Waals surface area contributed by atoms with E-state index in [2.05, 4.69) is 9.97 Å². The van der Waals surface area contributed by atoms with Crippen LogP contribution in [0.4, 0.5) is 0 Å². The number of fused-ring (bicyclic) bond motifs is 2. The molecule has 0 radical (unpaired) electrons. The molecule has 0 spiro atoms. The first-order chi connectivity index (χ1) is 12.6. The van der Waals surface area contributed by atoms with Crippen LogP contribution in [0.5, 0.6) is 0 Å². The Kier molecular flexibility index (Phi) is 5.61. The van der Waals surface area contributed by atoms with Crippen molar-refractivity contribution in [1.82, 2.24) is 9.97 Å². The standard InChI is InChI=1S/C11H13NO2.C9H9NO2/c1-2-14-11(13)9-4-3-8-5-6-12-7-10(8)9;11-9(12)7-2-1-6-3-4-10-5-8(6)7/h5-7,9H,2-4H2,1H3;3-5,7H,1-2H2,(H,11,12). The fourth-order valence-electron chi connectivity index (χ4n) is 3.61. The van der Waals surface area contributed by atoms with Crippen LogP contribution in [0.25, 0.3) is 0 Å². The molecule has 2 unspecified atom stereocenters. The molecule has 0 aromatic carbocycles. The maximum Gasteiger partial charge on any atom is 0.313 e. The lowest BCUT2D eigenvalue weighted by Crippen LogP contribution is -2.13. The van der Waals surface area contributed by atoms with E-state index in [9.17, 15) is 9.59 Å². The number of aliphatic carboxylic acids is 1. The van der Waals surface area contributed by atoms with Crippen molar-refractivity contribution in [3.8, 4) is 0 Å². The van der Waals surface area contributed by atoms with Crippen LogP contribution in [0.15, 0.2) is 36.9 Å². The Labute approximate surface area is 152 Å². The normalized spacial score (nSPS) is 19.7. The molecule has 6 nitrogen and oxygen atoms in total. The zero-order chi connectivity index (χ0) is 18.5. The van der Waals surface area contributed by atoms with Gasteiger partial charge in [0.25, 0.3) is 0 Å². The minimum Gasteiger partial charge on any atom is -0.481 e. The van der Waals surface area contributed by atoms with E-state index in [0.717, 1.165) is 42.4 Å². The van der Waals surface area contributed by atoms with Crippen LogP contribution >= 0.6 is 0 Å². The summed E-state index contributed by atoms with van der Waals surface area (Å²) in [5, 5.41) is 8.83. The van der Waals surface area contributed by atoms with Gasteiger partial charge in [0.2, 0.25) is 0 Å². The molecule has 136 valence electrons. The Bertz CT molecular complexity index is 806. The average Bonchev–Trinajstić information content (AvgIpc) is 3.27. The number of nitrogens with zero attached hydrogens (tertiary/aromatic N) is 2. The molecule has 0 aliphatic heterocycles. The van der Waals surface area contributed by atoms with Gasteiger partial charge in [0.1, 0.15) is 0 Å². The molecular weight excluding hydrogens is 332 g/mol. The highest BCUT2D eigenvalue weighted by atomic mass is 16.5. The van der Waals surface area contributed by atoms with Crippen molar-refractivity contribution in [2.75, 3.05) is 6.61 Å². The lowest BCUT2D eigenvalue weighted by Gasteiger charge is -2.09. The maximum atomic E-state index is 11.6. The Hall–Kier alpha value is -2.76. The van der Waals surface area contributed by atoms with Gasteiger partial charge in [-0.15, -0.1) is 0 Å². The van der Waals surface area contributed by atoms with E-state index in [-0.39, 0.29) is 17.8 Å². The van der Waals surface area contributed by atoms with Crippen molar-refractivity contribution >= 4 is 11.9 Å². The summed E-state index contributed by atoms with van der Waals surface area (Å²) in [6.45, 7) is 2.28. The lowest BCUT2D eigenvalue weighted by molar-refractivity contribution is -0.145. The summed E-state index contributed by atoms with van der Waals surface area (Å²) in [5.74, 6) is -1.26. The van der Waals surface area contributed by atoms with Crippen molar-refractivity contribution in [3.63, 3.8) is 0 Å². The van der Waals surface area contributed by atoms with Crippen LogP contribution in [0, 0.1) is 0 Å². The van der Waals surface area contributed by atoms with Gasteiger partial charge in [0.15, 0.2) is 0 Å². The molecular formula is C20H22N2O4. The van der Waals surface area contributed by atoms with Crippen molar-refractivity contribution in [2.24, 2.45) is 0 Å². The number of carboxylic acid groups (broad SMARTS) is 1. The van der Waals surface area contributed by atoms with Gasteiger partial charge in [-0.2, -0.15) is 0 Å². The van der Waals surface area contributed by atoms with Crippen molar-refractivity contribution < 1.29 is 19.4 Å². The molecule has 0 saturated carbocycles. The summed E-state index contributed by atoms with van der Waals surface area (Å²) in [7, 11) is 0. The summed E-state index contributed by atoms with van der Waals surface area (Å²) in [6, 6.07) is 3.88. The van der Waals surface area contributed by atoms with Crippen LogP contribution < -0.4 is 0 Å². The van der Waals surface area contributed by atoms with Gasteiger partial charge in [-0.25, -0.2) is 0 Å². The Morgan fingerprint density at radius 3 is 2.12 bits per heavy atom. The molecule has 0 fully saturated rings. The van der Waals surface area contributed by atoms with Crippen molar-refractivity contribution in [1.29, 1.82) is 0 Å². The van der Waals surface area contributed by atoms with Gasteiger partial charge in [-0.1, -0.05) is 0 Å². The minimum atomic E-state index is -0.734. The third-order valence-electron chi connectivity index (χ3n) is 4.92. The molecule has 6 heteroatoms. The van der Waals surface area contributed by atoms with Crippen LogP contribution in [-0.4, -0.2) is 33.6 Å². The van der Waals surface area contributed by atoms with Gasteiger partial charge >= 0.3 is 11.9 Å². The highest BCUT2D eigenvalue weighted by Crippen LogP contribution is 2.33. The van der Waals surface area contributed by atoms with Crippen LogP contribution in [-0.2, 0) is 27.2 Å². The third kappa shape index (κ3) is 3.74. The number of hydrogen-bond acceptors (Lipinski definition) is 5.